The standard InChI is InChI=1S/C26H36N2/c1-21(25-10-6-5-7-11-25)16-19-27(4)23(3)22(2)26-14-12-24(13-15-26)20-28-17-8-9-18-28/h5-7,10-15,21-22H,3,8-9,16-20H2,1-2,4H3. The first-order chi connectivity index (χ1) is 13.5. The fraction of sp³-hybridized carbons (Fsp3) is 0.462. The van der Waals surface area contributed by atoms with E-state index in [0.717, 1.165) is 19.5 Å². The Bertz CT molecular complexity index is 729. The zero-order chi connectivity index (χ0) is 19.9. The van der Waals surface area contributed by atoms with Gasteiger partial charge in [-0.2, -0.15) is 0 Å². The van der Waals surface area contributed by atoms with Crippen LogP contribution in [0.4, 0.5) is 0 Å². The Morgan fingerprint density at radius 3 is 2.25 bits per heavy atom. The SMILES string of the molecule is C=C(C(C)c1ccc(CN2CCCC2)cc1)N(C)CCC(C)c1ccccc1. The van der Waals surface area contributed by atoms with Gasteiger partial charge in [-0.3, -0.25) is 4.90 Å². The van der Waals surface area contributed by atoms with Crippen LogP contribution in [0.15, 0.2) is 66.9 Å². The minimum Gasteiger partial charge on any atom is -0.378 e. The molecule has 2 unspecified atom stereocenters. The molecule has 1 aliphatic rings. The normalized spacial score (nSPS) is 16.7. The van der Waals surface area contributed by atoms with E-state index in [0.29, 0.717) is 11.8 Å². The van der Waals surface area contributed by atoms with Crippen LogP contribution in [0.3, 0.4) is 0 Å². The fourth-order valence-electron chi connectivity index (χ4n) is 4.11. The van der Waals surface area contributed by atoms with Crippen molar-refractivity contribution in [2.45, 2.75) is 51.5 Å². The van der Waals surface area contributed by atoms with E-state index in [1.807, 2.05) is 0 Å². The first-order valence-electron chi connectivity index (χ1n) is 10.8. The van der Waals surface area contributed by atoms with Crippen molar-refractivity contribution in [1.29, 1.82) is 0 Å². The van der Waals surface area contributed by atoms with E-state index in [2.05, 4.69) is 91.9 Å². The first-order valence-corrected chi connectivity index (χ1v) is 10.8. The van der Waals surface area contributed by atoms with Crippen LogP contribution in [0.1, 0.15) is 61.6 Å². The summed E-state index contributed by atoms with van der Waals surface area (Å²) in [6, 6.07) is 20.0. The molecule has 0 aromatic heterocycles. The number of benzene rings is 2. The van der Waals surface area contributed by atoms with Crippen molar-refractivity contribution >= 4 is 0 Å². The second kappa shape index (κ2) is 9.93. The molecule has 0 bridgehead atoms. The van der Waals surface area contributed by atoms with Gasteiger partial charge in [-0.1, -0.05) is 75.0 Å². The molecule has 3 rings (SSSR count). The molecule has 28 heavy (non-hydrogen) atoms. The molecule has 1 aliphatic heterocycles. The molecule has 2 aromatic rings. The molecule has 1 saturated heterocycles. The molecule has 1 heterocycles. The molecule has 0 radical (unpaired) electrons. The van der Waals surface area contributed by atoms with Crippen LogP contribution < -0.4 is 0 Å². The summed E-state index contributed by atoms with van der Waals surface area (Å²) in [7, 11) is 2.18. The molecule has 0 aliphatic carbocycles. The molecule has 2 atom stereocenters. The highest BCUT2D eigenvalue weighted by atomic mass is 15.1. The van der Waals surface area contributed by atoms with Crippen molar-refractivity contribution in [2.24, 2.45) is 0 Å². The number of likely N-dealkylation sites (N-methyl/N-ethyl adjacent to an activating group) is 1. The van der Waals surface area contributed by atoms with Crippen molar-refractivity contribution in [2.75, 3.05) is 26.7 Å². The van der Waals surface area contributed by atoms with Crippen LogP contribution in [-0.4, -0.2) is 36.5 Å². The number of rotatable bonds is 9. The monoisotopic (exact) mass is 376 g/mol. The first kappa shape index (κ1) is 20.7. The summed E-state index contributed by atoms with van der Waals surface area (Å²) in [6.07, 6.45) is 3.84. The van der Waals surface area contributed by atoms with Crippen molar-refractivity contribution in [1.82, 2.24) is 9.80 Å². The van der Waals surface area contributed by atoms with Gasteiger partial charge in [-0.05, 0) is 55.0 Å². The van der Waals surface area contributed by atoms with Crippen LogP contribution >= 0.6 is 0 Å². The number of likely N-dealkylation sites (tertiary alicyclic amines) is 1. The Morgan fingerprint density at radius 2 is 1.61 bits per heavy atom. The van der Waals surface area contributed by atoms with Crippen LogP contribution in [0.2, 0.25) is 0 Å². The third kappa shape index (κ3) is 5.48. The maximum Gasteiger partial charge on any atom is 0.0233 e. The molecule has 0 spiro atoms. The Kier molecular flexibility index (Phi) is 7.33. The minimum atomic E-state index is 0.345. The summed E-state index contributed by atoms with van der Waals surface area (Å²) < 4.78 is 0. The average Bonchev–Trinajstić information content (AvgIpc) is 3.25. The number of nitrogens with zero attached hydrogens (tertiary/aromatic N) is 2. The van der Waals surface area contributed by atoms with E-state index in [-0.39, 0.29) is 0 Å². The maximum atomic E-state index is 4.40. The molecule has 2 nitrogen and oxygen atoms in total. The van der Waals surface area contributed by atoms with Crippen molar-refractivity contribution in [3.63, 3.8) is 0 Å². The van der Waals surface area contributed by atoms with Gasteiger partial charge in [0.15, 0.2) is 0 Å². The molecule has 1 fully saturated rings. The smallest absolute Gasteiger partial charge is 0.0233 e. The van der Waals surface area contributed by atoms with Gasteiger partial charge in [-0.25, -0.2) is 0 Å². The fourth-order valence-corrected chi connectivity index (χ4v) is 4.11. The zero-order valence-electron chi connectivity index (χ0n) is 17.9. The number of allylic oxidation sites excluding steroid dienone is 1. The van der Waals surface area contributed by atoms with Gasteiger partial charge in [-0.15, -0.1) is 0 Å². The lowest BCUT2D eigenvalue weighted by Gasteiger charge is -2.28. The molecule has 150 valence electrons. The summed E-state index contributed by atoms with van der Waals surface area (Å²) in [5, 5.41) is 0. The number of hydrogen-bond acceptors (Lipinski definition) is 2. The van der Waals surface area contributed by atoms with Gasteiger partial charge >= 0.3 is 0 Å². The second-order valence-corrected chi connectivity index (χ2v) is 8.46. The van der Waals surface area contributed by atoms with Crippen molar-refractivity contribution in [3.05, 3.63) is 83.6 Å². The van der Waals surface area contributed by atoms with Crippen LogP contribution in [-0.2, 0) is 6.54 Å². The Morgan fingerprint density at radius 1 is 0.964 bits per heavy atom. The highest BCUT2D eigenvalue weighted by molar-refractivity contribution is 5.30. The van der Waals surface area contributed by atoms with Crippen molar-refractivity contribution in [3.8, 4) is 0 Å². The maximum absolute atomic E-state index is 4.40. The third-order valence-electron chi connectivity index (χ3n) is 6.34. The quantitative estimate of drug-likeness (QED) is 0.527. The van der Waals surface area contributed by atoms with Gasteiger partial charge in [0.05, 0.1) is 0 Å². The predicted octanol–water partition coefficient (Wildman–Crippen LogP) is 6.03. The summed E-state index contributed by atoms with van der Waals surface area (Å²) in [5.41, 5.74) is 5.40. The molecule has 0 saturated carbocycles. The van der Waals surface area contributed by atoms with Gasteiger partial charge in [0, 0.05) is 31.8 Å². The molecule has 2 heteroatoms. The van der Waals surface area contributed by atoms with E-state index in [4.69, 9.17) is 0 Å². The third-order valence-corrected chi connectivity index (χ3v) is 6.34. The lowest BCUT2D eigenvalue weighted by atomic mass is 9.95. The van der Waals surface area contributed by atoms with Crippen LogP contribution in [0.25, 0.3) is 0 Å². The van der Waals surface area contributed by atoms with E-state index in [1.54, 1.807) is 0 Å². The van der Waals surface area contributed by atoms with Crippen molar-refractivity contribution < 1.29 is 0 Å². The zero-order valence-corrected chi connectivity index (χ0v) is 17.9. The van der Waals surface area contributed by atoms with E-state index in [9.17, 15) is 0 Å². The Labute approximate surface area is 171 Å². The highest BCUT2D eigenvalue weighted by Crippen LogP contribution is 2.27. The topological polar surface area (TPSA) is 6.48 Å². The van der Waals surface area contributed by atoms with Gasteiger partial charge in [0.2, 0.25) is 0 Å². The molecular formula is C26H36N2. The summed E-state index contributed by atoms with van der Waals surface area (Å²) in [6.45, 7) is 13.6. The summed E-state index contributed by atoms with van der Waals surface area (Å²) in [4.78, 5) is 4.89. The summed E-state index contributed by atoms with van der Waals surface area (Å²) >= 11 is 0. The van der Waals surface area contributed by atoms with Gasteiger partial charge in [0.25, 0.3) is 0 Å². The van der Waals surface area contributed by atoms with E-state index >= 15 is 0 Å². The average molecular weight is 377 g/mol. The lowest BCUT2D eigenvalue weighted by Crippen LogP contribution is -2.23. The van der Waals surface area contributed by atoms with Crippen LogP contribution in [0.5, 0.6) is 0 Å². The predicted molar refractivity (Wildman–Crippen MR) is 121 cm³/mol. The van der Waals surface area contributed by atoms with Crippen LogP contribution in [0, 0.1) is 0 Å². The molecule has 2 aromatic carbocycles. The van der Waals surface area contributed by atoms with E-state index in [1.165, 1.54) is 48.3 Å². The Hall–Kier alpha value is -2.06. The molecular weight excluding hydrogens is 340 g/mol. The lowest BCUT2D eigenvalue weighted by molar-refractivity contribution is 0.331. The second-order valence-electron chi connectivity index (χ2n) is 8.46. The number of hydrogen-bond donors (Lipinski definition) is 0. The summed E-state index contributed by atoms with van der Waals surface area (Å²) in [5.74, 6) is 0.912. The largest absolute Gasteiger partial charge is 0.378 e. The minimum absolute atomic E-state index is 0.345. The molecule has 0 amide bonds. The van der Waals surface area contributed by atoms with Gasteiger partial charge < -0.3 is 4.90 Å². The molecule has 0 N–H and O–H groups in total. The van der Waals surface area contributed by atoms with Gasteiger partial charge in [0.1, 0.15) is 0 Å². The highest BCUT2D eigenvalue weighted by Gasteiger charge is 2.16. The van der Waals surface area contributed by atoms with E-state index < -0.39 is 0 Å². The Balaban J connectivity index is 1.51.